The van der Waals surface area contributed by atoms with Crippen molar-refractivity contribution in [2.45, 2.75) is 19.9 Å². The van der Waals surface area contributed by atoms with Crippen LogP contribution in [0, 0.1) is 6.92 Å². The van der Waals surface area contributed by atoms with Crippen LogP contribution in [0.15, 0.2) is 36.7 Å². The molecule has 0 aliphatic carbocycles. The van der Waals surface area contributed by atoms with Crippen molar-refractivity contribution in [1.29, 1.82) is 0 Å². The number of nitrogens with zero attached hydrogens (tertiary/aromatic N) is 4. The molecule has 6 nitrogen and oxygen atoms in total. The Morgan fingerprint density at radius 3 is 2.95 bits per heavy atom. The minimum atomic E-state index is -0.0648. The molecular weight excluding hydrogens is 266 g/mol. The van der Waals surface area contributed by atoms with E-state index in [-0.39, 0.29) is 5.91 Å². The normalized spacial score (nSPS) is 11.0. The summed E-state index contributed by atoms with van der Waals surface area (Å²) in [6, 6.07) is 7.95. The number of amides is 1. The number of carbonyl (C=O) groups excluding carboxylic acids is 1. The monoisotopic (exact) mass is 283 g/mol. The van der Waals surface area contributed by atoms with E-state index in [0.717, 1.165) is 10.9 Å². The van der Waals surface area contributed by atoms with Crippen molar-refractivity contribution in [2.24, 2.45) is 7.05 Å². The maximum Gasteiger partial charge on any atom is 0.227 e. The highest BCUT2D eigenvalue weighted by Gasteiger charge is 2.07. The molecule has 3 rings (SSSR count). The summed E-state index contributed by atoms with van der Waals surface area (Å²) >= 11 is 0. The van der Waals surface area contributed by atoms with Crippen molar-refractivity contribution in [3.8, 4) is 0 Å². The standard InChI is InChI=1S/C15H17N5O/c1-11-3-4-12-10-16-20(13(12)9-11)8-6-15(21)17-14-5-7-19(2)18-14/h3-5,7,9-10H,6,8H2,1-2H3,(H,17,18,21). The van der Waals surface area contributed by atoms with Gasteiger partial charge in [0.25, 0.3) is 0 Å². The lowest BCUT2D eigenvalue weighted by Crippen LogP contribution is -2.15. The average Bonchev–Trinajstić information content (AvgIpc) is 3.03. The molecule has 0 bridgehead atoms. The van der Waals surface area contributed by atoms with E-state index >= 15 is 0 Å². The van der Waals surface area contributed by atoms with Gasteiger partial charge >= 0.3 is 0 Å². The second-order valence-corrected chi connectivity index (χ2v) is 5.10. The van der Waals surface area contributed by atoms with Gasteiger partial charge in [-0.15, -0.1) is 0 Å². The van der Waals surface area contributed by atoms with Gasteiger partial charge in [-0.05, 0) is 18.6 Å². The molecule has 2 aromatic heterocycles. The molecule has 6 heteroatoms. The van der Waals surface area contributed by atoms with Crippen LogP contribution in [-0.4, -0.2) is 25.5 Å². The van der Waals surface area contributed by atoms with Crippen LogP contribution in [0.5, 0.6) is 0 Å². The quantitative estimate of drug-likeness (QED) is 0.797. The fraction of sp³-hybridized carbons (Fsp3) is 0.267. The molecule has 0 atom stereocenters. The Bertz CT molecular complexity index is 786. The van der Waals surface area contributed by atoms with Gasteiger partial charge in [-0.1, -0.05) is 12.1 Å². The van der Waals surface area contributed by atoms with Crippen LogP contribution >= 0.6 is 0 Å². The molecule has 1 aromatic carbocycles. The number of benzene rings is 1. The number of nitrogens with one attached hydrogen (secondary N) is 1. The lowest BCUT2D eigenvalue weighted by molar-refractivity contribution is -0.116. The molecule has 0 aliphatic rings. The highest BCUT2D eigenvalue weighted by atomic mass is 16.1. The van der Waals surface area contributed by atoms with E-state index < -0.39 is 0 Å². The third kappa shape index (κ3) is 2.94. The molecule has 1 amide bonds. The fourth-order valence-electron chi connectivity index (χ4n) is 2.25. The van der Waals surface area contributed by atoms with E-state index in [9.17, 15) is 4.79 Å². The van der Waals surface area contributed by atoms with Crippen molar-refractivity contribution in [3.05, 3.63) is 42.2 Å². The van der Waals surface area contributed by atoms with Crippen molar-refractivity contribution in [2.75, 3.05) is 5.32 Å². The first-order valence-corrected chi connectivity index (χ1v) is 6.83. The number of fused-ring (bicyclic) bond motifs is 1. The highest BCUT2D eigenvalue weighted by Crippen LogP contribution is 2.15. The van der Waals surface area contributed by atoms with Crippen LogP contribution in [0.25, 0.3) is 10.9 Å². The first-order chi connectivity index (χ1) is 10.1. The molecule has 0 radical (unpaired) electrons. The molecule has 0 fully saturated rings. The van der Waals surface area contributed by atoms with Gasteiger partial charge in [0.15, 0.2) is 5.82 Å². The van der Waals surface area contributed by atoms with Gasteiger partial charge in [-0.25, -0.2) is 0 Å². The summed E-state index contributed by atoms with van der Waals surface area (Å²) in [5.74, 6) is 0.508. The number of aromatic nitrogens is 4. The zero-order chi connectivity index (χ0) is 14.8. The third-order valence-corrected chi connectivity index (χ3v) is 3.33. The van der Waals surface area contributed by atoms with Crippen LogP contribution in [0.2, 0.25) is 0 Å². The summed E-state index contributed by atoms with van der Waals surface area (Å²) in [5, 5.41) is 12.3. The predicted octanol–water partition coefficient (Wildman–Crippen LogP) is 2.11. The molecule has 0 unspecified atom stereocenters. The fourth-order valence-corrected chi connectivity index (χ4v) is 2.25. The largest absolute Gasteiger partial charge is 0.309 e. The minimum Gasteiger partial charge on any atom is -0.309 e. The van der Waals surface area contributed by atoms with Crippen molar-refractivity contribution in [3.63, 3.8) is 0 Å². The van der Waals surface area contributed by atoms with Crippen LogP contribution in [0.4, 0.5) is 5.82 Å². The predicted molar refractivity (Wildman–Crippen MR) is 80.9 cm³/mol. The van der Waals surface area contributed by atoms with Gasteiger partial charge in [0.2, 0.25) is 5.91 Å². The molecule has 0 aliphatic heterocycles. The Balaban J connectivity index is 1.66. The van der Waals surface area contributed by atoms with Crippen LogP contribution in [-0.2, 0) is 18.4 Å². The molecule has 108 valence electrons. The lowest BCUT2D eigenvalue weighted by Gasteiger charge is -2.04. The smallest absolute Gasteiger partial charge is 0.227 e. The molecule has 21 heavy (non-hydrogen) atoms. The van der Waals surface area contributed by atoms with E-state index in [1.165, 1.54) is 5.56 Å². The Morgan fingerprint density at radius 1 is 1.33 bits per heavy atom. The van der Waals surface area contributed by atoms with Gasteiger partial charge in [-0.2, -0.15) is 10.2 Å². The van der Waals surface area contributed by atoms with Gasteiger partial charge in [-0.3, -0.25) is 14.2 Å². The second kappa shape index (κ2) is 5.40. The first-order valence-electron chi connectivity index (χ1n) is 6.83. The van der Waals surface area contributed by atoms with Gasteiger partial charge in [0, 0.05) is 31.1 Å². The van der Waals surface area contributed by atoms with Gasteiger partial charge in [0.05, 0.1) is 18.3 Å². The van der Waals surface area contributed by atoms with E-state index in [4.69, 9.17) is 0 Å². The second-order valence-electron chi connectivity index (χ2n) is 5.10. The summed E-state index contributed by atoms with van der Waals surface area (Å²) < 4.78 is 3.51. The van der Waals surface area contributed by atoms with Gasteiger partial charge in [0.1, 0.15) is 0 Å². The number of carbonyl (C=O) groups is 1. The Morgan fingerprint density at radius 2 is 2.19 bits per heavy atom. The van der Waals surface area contributed by atoms with Gasteiger partial charge < -0.3 is 5.32 Å². The number of hydrogen-bond donors (Lipinski definition) is 1. The number of aryl methyl sites for hydroxylation is 3. The zero-order valence-corrected chi connectivity index (χ0v) is 12.1. The van der Waals surface area contributed by atoms with Crippen LogP contribution in [0.3, 0.4) is 0 Å². The average molecular weight is 283 g/mol. The van der Waals surface area contributed by atoms with Crippen LogP contribution < -0.4 is 5.32 Å². The molecule has 3 aromatic rings. The molecule has 0 saturated carbocycles. The SMILES string of the molecule is Cc1ccc2cnn(CCC(=O)Nc3ccn(C)n3)c2c1. The molecule has 0 saturated heterocycles. The summed E-state index contributed by atoms with van der Waals surface area (Å²) in [5.41, 5.74) is 2.24. The summed E-state index contributed by atoms with van der Waals surface area (Å²) in [7, 11) is 1.81. The number of anilines is 1. The van der Waals surface area contributed by atoms with Crippen molar-refractivity contribution >= 4 is 22.6 Å². The van der Waals surface area contributed by atoms with E-state index in [1.54, 1.807) is 16.9 Å². The molecular formula is C15H17N5O. The Kier molecular flexibility index (Phi) is 3.43. The summed E-state index contributed by atoms with van der Waals surface area (Å²) in [6.45, 7) is 2.59. The first kappa shape index (κ1) is 13.4. The highest BCUT2D eigenvalue weighted by molar-refractivity contribution is 5.89. The Hall–Kier alpha value is -2.63. The molecule has 2 heterocycles. The van der Waals surface area contributed by atoms with Crippen molar-refractivity contribution in [1.82, 2.24) is 19.6 Å². The molecule has 0 spiro atoms. The number of hydrogen-bond acceptors (Lipinski definition) is 3. The maximum atomic E-state index is 11.9. The topological polar surface area (TPSA) is 64.7 Å². The van der Waals surface area contributed by atoms with Crippen LogP contribution in [0.1, 0.15) is 12.0 Å². The summed E-state index contributed by atoms with van der Waals surface area (Å²) in [6.07, 6.45) is 3.98. The lowest BCUT2D eigenvalue weighted by atomic mass is 10.2. The van der Waals surface area contributed by atoms with E-state index in [0.29, 0.717) is 18.8 Å². The van der Waals surface area contributed by atoms with E-state index in [2.05, 4.69) is 27.6 Å². The summed E-state index contributed by atoms with van der Waals surface area (Å²) in [4.78, 5) is 11.9. The number of rotatable bonds is 4. The molecule has 1 N–H and O–H groups in total. The minimum absolute atomic E-state index is 0.0648. The maximum absolute atomic E-state index is 11.9. The van der Waals surface area contributed by atoms with E-state index in [1.807, 2.05) is 30.9 Å². The van der Waals surface area contributed by atoms with Crippen molar-refractivity contribution < 1.29 is 4.79 Å². The Labute approximate surface area is 122 Å². The third-order valence-electron chi connectivity index (χ3n) is 3.33. The zero-order valence-electron chi connectivity index (χ0n) is 12.1.